The van der Waals surface area contributed by atoms with Gasteiger partial charge in [-0.1, -0.05) is 30.8 Å². The third kappa shape index (κ3) is 5.38. The van der Waals surface area contributed by atoms with Gasteiger partial charge in [-0.25, -0.2) is 0 Å². The summed E-state index contributed by atoms with van der Waals surface area (Å²) in [6.07, 6.45) is -1.77. The maximum absolute atomic E-state index is 12.3. The van der Waals surface area contributed by atoms with Gasteiger partial charge >= 0.3 is 6.18 Å². The maximum Gasteiger partial charge on any atom is 0.389 e. The standard InChI is InChI=1S/C11H19F3O2S/c1-8(7-11(12,13)14)9-3-2-4-10(6-5-9)17(15)16/h8-10H,2-7H2,1H3,(H,15,16)/p-1. The van der Waals surface area contributed by atoms with E-state index in [0.29, 0.717) is 32.1 Å². The van der Waals surface area contributed by atoms with Crippen molar-refractivity contribution < 1.29 is 21.9 Å². The van der Waals surface area contributed by atoms with Crippen LogP contribution in [0.2, 0.25) is 0 Å². The molecule has 17 heavy (non-hydrogen) atoms. The maximum atomic E-state index is 12.3. The van der Waals surface area contributed by atoms with Gasteiger partial charge in [0.25, 0.3) is 0 Å². The minimum Gasteiger partial charge on any atom is -0.772 e. The summed E-state index contributed by atoms with van der Waals surface area (Å²) >= 11 is -2.08. The van der Waals surface area contributed by atoms with Crippen molar-refractivity contribution in [3.63, 3.8) is 0 Å². The van der Waals surface area contributed by atoms with Crippen LogP contribution in [-0.2, 0) is 11.1 Å². The molecule has 2 nitrogen and oxygen atoms in total. The predicted octanol–water partition coefficient (Wildman–Crippen LogP) is 3.40. The van der Waals surface area contributed by atoms with Gasteiger partial charge in [0.1, 0.15) is 0 Å². The highest BCUT2D eigenvalue weighted by Crippen LogP contribution is 2.36. The molecule has 0 aromatic heterocycles. The first-order chi connectivity index (χ1) is 7.79. The van der Waals surface area contributed by atoms with E-state index in [1.807, 2.05) is 0 Å². The molecule has 0 aromatic carbocycles. The molecule has 0 aliphatic heterocycles. The van der Waals surface area contributed by atoms with E-state index >= 15 is 0 Å². The minimum absolute atomic E-state index is 0.00479. The third-order valence-electron chi connectivity index (χ3n) is 3.59. The van der Waals surface area contributed by atoms with Crippen LogP contribution in [0.1, 0.15) is 45.4 Å². The first-order valence-electron chi connectivity index (χ1n) is 5.94. The monoisotopic (exact) mass is 271 g/mol. The smallest absolute Gasteiger partial charge is 0.389 e. The van der Waals surface area contributed by atoms with Crippen molar-refractivity contribution in [1.29, 1.82) is 0 Å². The summed E-state index contributed by atoms with van der Waals surface area (Å²) in [6.45, 7) is 1.62. The summed E-state index contributed by atoms with van der Waals surface area (Å²) < 4.78 is 58.5. The molecule has 0 amide bonds. The van der Waals surface area contributed by atoms with E-state index in [1.165, 1.54) is 0 Å². The highest BCUT2D eigenvalue weighted by atomic mass is 32.2. The number of halogens is 3. The average molecular weight is 271 g/mol. The van der Waals surface area contributed by atoms with Crippen LogP contribution in [0.15, 0.2) is 0 Å². The molecule has 0 spiro atoms. The molecule has 0 heterocycles. The lowest BCUT2D eigenvalue weighted by molar-refractivity contribution is -0.147. The van der Waals surface area contributed by atoms with E-state index in [0.717, 1.165) is 0 Å². The van der Waals surface area contributed by atoms with Crippen LogP contribution in [0.3, 0.4) is 0 Å². The van der Waals surface area contributed by atoms with Crippen LogP contribution in [-0.4, -0.2) is 20.2 Å². The highest BCUT2D eigenvalue weighted by molar-refractivity contribution is 7.79. The van der Waals surface area contributed by atoms with Gasteiger partial charge in [-0.15, -0.1) is 0 Å². The zero-order valence-corrected chi connectivity index (χ0v) is 10.6. The van der Waals surface area contributed by atoms with Gasteiger partial charge in [0, 0.05) is 11.7 Å². The number of hydrogen-bond donors (Lipinski definition) is 0. The summed E-state index contributed by atoms with van der Waals surface area (Å²) in [5.74, 6) is -0.404. The first kappa shape index (κ1) is 15.0. The van der Waals surface area contributed by atoms with Gasteiger partial charge < -0.3 is 4.55 Å². The predicted molar refractivity (Wildman–Crippen MR) is 59.1 cm³/mol. The fourth-order valence-electron chi connectivity index (χ4n) is 2.59. The lowest BCUT2D eigenvalue weighted by atomic mass is 9.85. The molecule has 6 heteroatoms. The van der Waals surface area contributed by atoms with Gasteiger partial charge in [-0.3, -0.25) is 4.21 Å². The van der Waals surface area contributed by atoms with Crippen LogP contribution in [0.25, 0.3) is 0 Å². The van der Waals surface area contributed by atoms with Crippen molar-refractivity contribution in [3.05, 3.63) is 0 Å². The van der Waals surface area contributed by atoms with Crippen LogP contribution >= 0.6 is 0 Å². The average Bonchev–Trinajstić information content (AvgIpc) is 2.39. The van der Waals surface area contributed by atoms with Crippen LogP contribution in [0, 0.1) is 11.8 Å². The van der Waals surface area contributed by atoms with Crippen molar-refractivity contribution in [3.8, 4) is 0 Å². The Morgan fingerprint density at radius 3 is 2.47 bits per heavy atom. The van der Waals surface area contributed by atoms with E-state index in [9.17, 15) is 21.9 Å². The number of hydrogen-bond acceptors (Lipinski definition) is 2. The van der Waals surface area contributed by atoms with E-state index < -0.39 is 29.6 Å². The second-order valence-electron chi connectivity index (χ2n) is 4.95. The Kier molecular flexibility index (Phi) is 5.44. The molecule has 0 radical (unpaired) electrons. The third-order valence-corrected chi connectivity index (χ3v) is 4.61. The van der Waals surface area contributed by atoms with Gasteiger partial charge in [0.05, 0.1) is 0 Å². The van der Waals surface area contributed by atoms with E-state index in [4.69, 9.17) is 0 Å². The van der Waals surface area contributed by atoms with Gasteiger partial charge in [-0.05, 0) is 31.1 Å². The van der Waals surface area contributed by atoms with Gasteiger partial charge in [0.2, 0.25) is 0 Å². The lowest BCUT2D eigenvalue weighted by Gasteiger charge is -2.23. The molecular formula is C11H18F3O2S-. The SMILES string of the molecule is CC(CC(F)(F)F)C1CCCC(S(=O)[O-])CC1. The molecule has 0 bridgehead atoms. The second-order valence-corrected chi connectivity index (χ2v) is 6.14. The fraction of sp³-hybridized carbons (Fsp3) is 1.00. The Bertz CT molecular complexity index is 268. The van der Waals surface area contributed by atoms with Gasteiger partial charge in [-0.2, -0.15) is 13.2 Å². The van der Waals surface area contributed by atoms with E-state index in [2.05, 4.69) is 0 Å². The molecule has 4 unspecified atom stereocenters. The van der Waals surface area contributed by atoms with Gasteiger partial charge in [0.15, 0.2) is 0 Å². The van der Waals surface area contributed by atoms with Crippen molar-refractivity contribution >= 4 is 11.1 Å². The first-order valence-corrected chi connectivity index (χ1v) is 7.08. The highest BCUT2D eigenvalue weighted by Gasteiger charge is 2.34. The second kappa shape index (κ2) is 6.18. The molecule has 1 fully saturated rings. The van der Waals surface area contributed by atoms with E-state index in [-0.39, 0.29) is 11.2 Å². The summed E-state index contributed by atoms with van der Waals surface area (Å²) in [6, 6.07) is 0. The summed E-state index contributed by atoms with van der Waals surface area (Å²) in [5.41, 5.74) is 0. The van der Waals surface area contributed by atoms with Crippen molar-refractivity contribution in [2.75, 3.05) is 0 Å². The number of alkyl halides is 3. The normalized spacial score (nSPS) is 30.6. The Morgan fingerprint density at radius 1 is 1.29 bits per heavy atom. The lowest BCUT2D eigenvalue weighted by Crippen LogP contribution is -2.20. The Hall–Kier alpha value is -0.100. The Balaban J connectivity index is 2.48. The van der Waals surface area contributed by atoms with Crippen LogP contribution in [0.4, 0.5) is 13.2 Å². The molecule has 1 aliphatic rings. The molecule has 102 valence electrons. The summed E-state index contributed by atoms with van der Waals surface area (Å²) in [4.78, 5) is 0. The minimum atomic E-state index is -4.12. The van der Waals surface area contributed by atoms with Crippen molar-refractivity contribution in [1.82, 2.24) is 0 Å². The molecule has 0 N–H and O–H groups in total. The summed E-state index contributed by atoms with van der Waals surface area (Å²) in [7, 11) is 0. The molecule has 1 aliphatic carbocycles. The molecule has 1 saturated carbocycles. The molecule has 0 saturated heterocycles. The summed E-state index contributed by atoms with van der Waals surface area (Å²) in [5, 5.41) is -0.363. The zero-order chi connectivity index (χ0) is 13.1. The fourth-order valence-corrected chi connectivity index (χ4v) is 3.28. The van der Waals surface area contributed by atoms with Crippen LogP contribution < -0.4 is 0 Å². The number of rotatable bonds is 3. The van der Waals surface area contributed by atoms with Crippen molar-refractivity contribution in [2.45, 2.75) is 56.9 Å². The van der Waals surface area contributed by atoms with E-state index in [1.54, 1.807) is 6.92 Å². The quantitative estimate of drug-likeness (QED) is 0.583. The topological polar surface area (TPSA) is 40.1 Å². The van der Waals surface area contributed by atoms with Crippen molar-refractivity contribution in [2.24, 2.45) is 11.8 Å². The molecule has 4 atom stereocenters. The Morgan fingerprint density at radius 2 is 1.94 bits per heavy atom. The molecule has 1 rings (SSSR count). The molecular weight excluding hydrogens is 253 g/mol. The molecule has 0 aromatic rings. The van der Waals surface area contributed by atoms with Crippen LogP contribution in [0.5, 0.6) is 0 Å². The zero-order valence-electron chi connectivity index (χ0n) is 9.83. The largest absolute Gasteiger partial charge is 0.772 e. The Labute approximate surface area is 102 Å².